The fraction of sp³-hybridized carbons (Fsp3) is 0.348. The summed E-state index contributed by atoms with van der Waals surface area (Å²) in [5.74, 6) is -1.62. The molecule has 0 saturated carbocycles. The van der Waals surface area contributed by atoms with Crippen LogP contribution >= 0.6 is 0 Å². The van der Waals surface area contributed by atoms with Gasteiger partial charge in [0.2, 0.25) is 5.91 Å². The van der Waals surface area contributed by atoms with E-state index in [0.717, 1.165) is 22.3 Å². The van der Waals surface area contributed by atoms with Crippen LogP contribution in [0.15, 0.2) is 48.5 Å². The molecular formula is C23H26N2O5. The molecule has 0 unspecified atom stereocenters. The van der Waals surface area contributed by atoms with Gasteiger partial charge in [0.05, 0.1) is 0 Å². The maximum atomic E-state index is 12.5. The third-order valence-electron chi connectivity index (χ3n) is 5.18. The lowest BCUT2D eigenvalue weighted by molar-refractivity contribution is -0.145. The molecular weight excluding hydrogens is 384 g/mol. The van der Waals surface area contributed by atoms with Crippen LogP contribution in [0, 0.1) is 0 Å². The largest absolute Gasteiger partial charge is 0.480 e. The average molecular weight is 410 g/mol. The summed E-state index contributed by atoms with van der Waals surface area (Å²) in [5.41, 5.74) is 4.47. The monoisotopic (exact) mass is 410 g/mol. The number of carboxylic acid groups (broad SMARTS) is 1. The molecule has 2 N–H and O–H groups in total. The first kappa shape index (κ1) is 21.4. The highest BCUT2D eigenvalue weighted by atomic mass is 16.5. The van der Waals surface area contributed by atoms with Crippen LogP contribution in [0.4, 0.5) is 4.79 Å². The van der Waals surface area contributed by atoms with Gasteiger partial charge in [0.25, 0.3) is 0 Å². The molecule has 1 atom stereocenters. The van der Waals surface area contributed by atoms with Crippen LogP contribution in [0.5, 0.6) is 0 Å². The molecule has 7 heteroatoms. The van der Waals surface area contributed by atoms with E-state index in [1.807, 2.05) is 43.3 Å². The van der Waals surface area contributed by atoms with Crippen molar-refractivity contribution < 1.29 is 24.2 Å². The first-order valence-electron chi connectivity index (χ1n) is 10.0. The molecule has 3 rings (SSSR count). The van der Waals surface area contributed by atoms with Crippen molar-refractivity contribution in [3.63, 3.8) is 0 Å². The van der Waals surface area contributed by atoms with E-state index in [4.69, 9.17) is 9.84 Å². The molecule has 0 bridgehead atoms. The van der Waals surface area contributed by atoms with Crippen molar-refractivity contribution in [3.05, 3.63) is 59.7 Å². The van der Waals surface area contributed by atoms with Gasteiger partial charge in [0, 0.05) is 12.5 Å². The summed E-state index contributed by atoms with van der Waals surface area (Å²) in [7, 11) is 0. The second kappa shape index (κ2) is 9.43. The molecule has 30 heavy (non-hydrogen) atoms. The predicted molar refractivity (Wildman–Crippen MR) is 112 cm³/mol. The number of fused-ring (bicyclic) bond motifs is 3. The second-order valence-corrected chi connectivity index (χ2v) is 7.35. The summed E-state index contributed by atoms with van der Waals surface area (Å²) in [4.78, 5) is 37.0. The fourth-order valence-electron chi connectivity index (χ4n) is 3.85. The van der Waals surface area contributed by atoms with E-state index in [2.05, 4.69) is 17.4 Å². The lowest BCUT2D eigenvalue weighted by Gasteiger charge is -2.24. The molecule has 0 aromatic heterocycles. The van der Waals surface area contributed by atoms with Gasteiger partial charge >= 0.3 is 12.1 Å². The number of benzene rings is 2. The third-order valence-corrected chi connectivity index (χ3v) is 5.18. The van der Waals surface area contributed by atoms with Crippen molar-refractivity contribution in [2.75, 3.05) is 19.7 Å². The number of nitrogens with zero attached hydrogens (tertiary/aromatic N) is 1. The van der Waals surface area contributed by atoms with E-state index in [1.165, 1.54) is 11.8 Å². The zero-order valence-corrected chi connectivity index (χ0v) is 17.1. The number of carbonyl (C=O) groups excluding carboxylic acids is 2. The van der Waals surface area contributed by atoms with Crippen molar-refractivity contribution in [2.24, 2.45) is 0 Å². The molecule has 1 aliphatic carbocycles. The number of carbonyl (C=O) groups is 3. The highest BCUT2D eigenvalue weighted by molar-refractivity contribution is 5.87. The summed E-state index contributed by atoms with van der Waals surface area (Å²) in [6.07, 6.45) is -0.0825. The van der Waals surface area contributed by atoms with Crippen molar-refractivity contribution >= 4 is 18.0 Å². The summed E-state index contributed by atoms with van der Waals surface area (Å²) >= 11 is 0. The molecule has 0 saturated heterocycles. The third kappa shape index (κ3) is 4.62. The topological polar surface area (TPSA) is 95.9 Å². The van der Waals surface area contributed by atoms with Gasteiger partial charge in [-0.3, -0.25) is 9.59 Å². The van der Waals surface area contributed by atoms with Gasteiger partial charge in [-0.2, -0.15) is 0 Å². The van der Waals surface area contributed by atoms with Gasteiger partial charge in [0.1, 0.15) is 19.2 Å². The minimum absolute atomic E-state index is 0.0715. The number of alkyl carbamates (subject to hydrolysis) is 1. The SMILES string of the molecule is CCCN(CC(=O)O)C(=O)[C@H](C)NC(=O)OCC1c2ccccc2-c2ccccc21. The summed E-state index contributed by atoms with van der Waals surface area (Å²) in [6.45, 7) is 3.43. The number of rotatable bonds is 8. The Morgan fingerprint density at radius 1 is 1.07 bits per heavy atom. The van der Waals surface area contributed by atoms with Crippen LogP contribution in [-0.2, 0) is 14.3 Å². The van der Waals surface area contributed by atoms with Crippen LogP contribution in [0.25, 0.3) is 11.1 Å². The van der Waals surface area contributed by atoms with Crippen molar-refractivity contribution in [1.29, 1.82) is 0 Å². The van der Waals surface area contributed by atoms with Crippen LogP contribution in [0.3, 0.4) is 0 Å². The van der Waals surface area contributed by atoms with Crippen LogP contribution in [0.2, 0.25) is 0 Å². The number of hydrogen-bond acceptors (Lipinski definition) is 4. The number of ether oxygens (including phenoxy) is 1. The molecule has 0 spiro atoms. The number of hydrogen-bond donors (Lipinski definition) is 2. The molecule has 0 aliphatic heterocycles. The summed E-state index contributed by atoms with van der Waals surface area (Å²) in [5, 5.41) is 11.5. The Hall–Kier alpha value is -3.35. The lowest BCUT2D eigenvalue weighted by Crippen LogP contribution is -2.48. The van der Waals surface area contributed by atoms with Crippen molar-refractivity contribution in [2.45, 2.75) is 32.2 Å². The van der Waals surface area contributed by atoms with Crippen molar-refractivity contribution in [1.82, 2.24) is 10.2 Å². The maximum Gasteiger partial charge on any atom is 0.407 e. The zero-order valence-electron chi connectivity index (χ0n) is 17.1. The van der Waals surface area contributed by atoms with Gasteiger partial charge < -0.3 is 20.1 Å². The summed E-state index contributed by atoms with van der Waals surface area (Å²) in [6, 6.07) is 15.2. The quantitative estimate of drug-likeness (QED) is 0.697. The first-order chi connectivity index (χ1) is 14.4. The normalized spacial score (nSPS) is 13.1. The van der Waals surface area contributed by atoms with Gasteiger partial charge in [-0.05, 0) is 35.6 Å². The molecule has 2 amide bonds. The van der Waals surface area contributed by atoms with Crippen LogP contribution in [0.1, 0.15) is 37.3 Å². The van der Waals surface area contributed by atoms with Crippen molar-refractivity contribution in [3.8, 4) is 11.1 Å². The Labute approximate surface area is 175 Å². The second-order valence-electron chi connectivity index (χ2n) is 7.35. The van der Waals surface area contributed by atoms with Gasteiger partial charge in [-0.1, -0.05) is 55.5 Å². The van der Waals surface area contributed by atoms with E-state index >= 15 is 0 Å². The average Bonchev–Trinajstić information content (AvgIpc) is 3.05. The Morgan fingerprint density at radius 2 is 1.63 bits per heavy atom. The summed E-state index contributed by atoms with van der Waals surface area (Å²) < 4.78 is 5.44. The molecule has 0 radical (unpaired) electrons. The highest BCUT2D eigenvalue weighted by Gasteiger charge is 2.30. The molecule has 0 heterocycles. The van der Waals surface area contributed by atoms with Crippen LogP contribution < -0.4 is 5.32 Å². The van der Waals surface area contributed by atoms with E-state index in [9.17, 15) is 14.4 Å². The molecule has 1 aliphatic rings. The molecule has 0 fully saturated rings. The molecule has 2 aromatic rings. The number of carboxylic acids is 1. The molecule has 7 nitrogen and oxygen atoms in total. The zero-order chi connectivity index (χ0) is 21.7. The van der Waals surface area contributed by atoms with E-state index in [-0.39, 0.29) is 12.5 Å². The maximum absolute atomic E-state index is 12.5. The highest BCUT2D eigenvalue weighted by Crippen LogP contribution is 2.44. The lowest BCUT2D eigenvalue weighted by atomic mass is 9.98. The van der Waals surface area contributed by atoms with E-state index in [0.29, 0.717) is 13.0 Å². The standard InChI is InChI=1S/C23H26N2O5/c1-3-12-25(13-21(26)27)22(28)15(2)24-23(29)30-14-20-18-10-6-4-8-16(18)17-9-5-7-11-19(17)20/h4-11,15,20H,3,12-14H2,1-2H3,(H,24,29)(H,26,27)/t15-/m0/s1. The first-order valence-corrected chi connectivity index (χ1v) is 10.0. The smallest absolute Gasteiger partial charge is 0.407 e. The Morgan fingerprint density at radius 3 is 2.17 bits per heavy atom. The Bertz CT molecular complexity index is 897. The van der Waals surface area contributed by atoms with Gasteiger partial charge in [-0.25, -0.2) is 4.79 Å². The number of aliphatic carboxylic acids is 1. The minimum Gasteiger partial charge on any atom is -0.480 e. The van der Waals surface area contributed by atoms with E-state index in [1.54, 1.807) is 0 Å². The number of nitrogens with one attached hydrogen (secondary N) is 1. The fourth-order valence-corrected chi connectivity index (χ4v) is 3.85. The van der Waals surface area contributed by atoms with E-state index < -0.39 is 30.6 Å². The van der Waals surface area contributed by atoms with Gasteiger partial charge in [0.15, 0.2) is 0 Å². The number of amides is 2. The predicted octanol–water partition coefficient (Wildman–Crippen LogP) is 3.24. The minimum atomic E-state index is -1.09. The molecule has 2 aromatic carbocycles. The molecule has 158 valence electrons. The van der Waals surface area contributed by atoms with Crippen LogP contribution in [-0.4, -0.2) is 53.7 Å². The Balaban J connectivity index is 1.62. The van der Waals surface area contributed by atoms with Gasteiger partial charge in [-0.15, -0.1) is 0 Å². The Kier molecular flexibility index (Phi) is 6.72.